The van der Waals surface area contributed by atoms with Crippen LogP contribution in [-0.4, -0.2) is 25.7 Å². The number of hydrogen-bond donors (Lipinski definition) is 1. The summed E-state index contributed by atoms with van der Waals surface area (Å²) in [6, 6.07) is 17.3. The number of carbonyl (C=O) groups excluding carboxylic acids is 1. The molecular weight excluding hydrogens is 362 g/mol. The van der Waals surface area contributed by atoms with E-state index in [2.05, 4.69) is 26.4 Å². The van der Waals surface area contributed by atoms with Gasteiger partial charge in [-0.1, -0.05) is 24.3 Å². The Kier molecular flexibility index (Phi) is 4.02. The highest BCUT2D eigenvalue weighted by atomic mass is 16.1. The molecule has 0 spiro atoms. The number of nitrogens with one attached hydrogen (secondary N) is 1. The van der Waals surface area contributed by atoms with E-state index < -0.39 is 0 Å². The highest BCUT2D eigenvalue weighted by molar-refractivity contribution is 6.06. The van der Waals surface area contributed by atoms with Gasteiger partial charge in [0.1, 0.15) is 5.82 Å². The number of aryl methyl sites for hydroxylation is 1. The van der Waals surface area contributed by atoms with Gasteiger partial charge < -0.3 is 5.32 Å². The first-order valence-electron chi connectivity index (χ1n) is 9.21. The van der Waals surface area contributed by atoms with E-state index in [4.69, 9.17) is 0 Å². The van der Waals surface area contributed by atoms with Crippen LogP contribution in [0.3, 0.4) is 0 Å². The molecule has 0 fully saturated rings. The van der Waals surface area contributed by atoms with Gasteiger partial charge in [-0.25, -0.2) is 4.98 Å². The Morgan fingerprint density at radius 3 is 2.66 bits per heavy atom. The number of rotatable bonds is 3. The number of carbonyl (C=O) groups is 1. The third-order valence-corrected chi connectivity index (χ3v) is 4.87. The molecule has 2 aromatic carbocycles. The SMILES string of the molecule is Cn1cc(-c2ccc3cnc(NC(=O)c4ccc5cccnc5c4)cc3c2)cn1. The molecule has 0 bridgehead atoms. The summed E-state index contributed by atoms with van der Waals surface area (Å²) in [5.74, 6) is 0.291. The van der Waals surface area contributed by atoms with E-state index in [9.17, 15) is 4.79 Å². The molecule has 0 atom stereocenters. The average molecular weight is 379 g/mol. The molecule has 0 radical (unpaired) electrons. The molecule has 140 valence electrons. The molecule has 0 saturated carbocycles. The van der Waals surface area contributed by atoms with Crippen LogP contribution < -0.4 is 5.32 Å². The lowest BCUT2D eigenvalue weighted by Gasteiger charge is -2.07. The molecule has 6 nitrogen and oxygen atoms in total. The lowest BCUT2D eigenvalue weighted by Crippen LogP contribution is -2.12. The zero-order chi connectivity index (χ0) is 19.8. The number of anilines is 1. The minimum absolute atomic E-state index is 0.215. The van der Waals surface area contributed by atoms with Crippen molar-refractivity contribution < 1.29 is 4.79 Å². The maximum absolute atomic E-state index is 12.7. The molecule has 0 aliphatic rings. The number of hydrogen-bond acceptors (Lipinski definition) is 4. The van der Waals surface area contributed by atoms with Gasteiger partial charge in [0.15, 0.2) is 0 Å². The van der Waals surface area contributed by atoms with E-state index in [1.807, 2.05) is 55.8 Å². The van der Waals surface area contributed by atoms with E-state index in [0.29, 0.717) is 11.4 Å². The van der Waals surface area contributed by atoms with Crippen LogP contribution in [0.1, 0.15) is 10.4 Å². The normalized spacial score (nSPS) is 11.1. The Morgan fingerprint density at radius 2 is 1.79 bits per heavy atom. The third-order valence-electron chi connectivity index (χ3n) is 4.87. The largest absolute Gasteiger partial charge is 0.307 e. The summed E-state index contributed by atoms with van der Waals surface area (Å²) >= 11 is 0. The number of nitrogens with zero attached hydrogens (tertiary/aromatic N) is 4. The molecule has 5 aromatic rings. The fourth-order valence-electron chi connectivity index (χ4n) is 3.36. The lowest BCUT2D eigenvalue weighted by molar-refractivity contribution is 0.102. The number of amides is 1. The van der Waals surface area contributed by atoms with E-state index in [-0.39, 0.29) is 5.91 Å². The Hall–Kier alpha value is -4.06. The van der Waals surface area contributed by atoms with Crippen molar-refractivity contribution >= 4 is 33.4 Å². The van der Waals surface area contributed by atoms with Gasteiger partial charge in [-0.2, -0.15) is 5.10 Å². The zero-order valence-corrected chi connectivity index (χ0v) is 15.7. The van der Waals surface area contributed by atoms with Gasteiger partial charge in [0.25, 0.3) is 5.91 Å². The van der Waals surface area contributed by atoms with Gasteiger partial charge in [0, 0.05) is 47.5 Å². The summed E-state index contributed by atoms with van der Waals surface area (Å²) in [7, 11) is 1.89. The van der Waals surface area contributed by atoms with Gasteiger partial charge in [-0.15, -0.1) is 0 Å². The number of pyridine rings is 2. The molecule has 5 rings (SSSR count). The second kappa shape index (κ2) is 6.83. The fraction of sp³-hybridized carbons (Fsp3) is 0.0435. The van der Waals surface area contributed by atoms with Gasteiger partial charge in [0.2, 0.25) is 0 Å². The van der Waals surface area contributed by atoms with Crippen LogP contribution in [0.15, 0.2) is 79.4 Å². The third kappa shape index (κ3) is 3.32. The van der Waals surface area contributed by atoms with Crippen molar-refractivity contribution in [1.29, 1.82) is 0 Å². The van der Waals surface area contributed by atoms with Crippen LogP contribution in [0.5, 0.6) is 0 Å². The molecule has 0 aliphatic carbocycles. The van der Waals surface area contributed by atoms with Crippen LogP contribution >= 0.6 is 0 Å². The van der Waals surface area contributed by atoms with Crippen molar-refractivity contribution in [3.05, 3.63) is 84.9 Å². The Labute approximate surface area is 166 Å². The molecule has 3 heterocycles. The molecule has 29 heavy (non-hydrogen) atoms. The standard InChI is InChI=1S/C23H17N5O/c1-28-14-20(13-26-28)16-5-7-18-12-25-22(11-19(18)9-16)27-23(29)17-6-4-15-3-2-8-24-21(15)10-17/h2-14H,1H3,(H,25,27,29). The second-order valence-corrected chi connectivity index (χ2v) is 6.90. The van der Waals surface area contributed by atoms with Crippen molar-refractivity contribution in [2.75, 3.05) is 5.32 Å². The van der Waals surface area contributed by atoms with E-state index >= 15 is 0 Å². The molecule has 0 unspecified atom stereocenters. The van der Waals surface area contributed by atoms with Crippen molar-refractivity contribution in [3.8, 4) is 11.1 Å². The van der Waals surface area contributed by atoms with Crippen molar-refractivity contribution in [2.24, 2.45) is 7.05 Å². The van der Waals surface area contributed by atoms with Crippen LogP contribution in [0.2, 0.25) is 0 Å². The first-order chi connectivity index (χ1) is 14.2. The molecule has 1 N–H and O–H groups in total. The molecular formula is C23H17N5O. The lowest BCUT2D eigenvalue weighted by atomic mass is 10.0. The van der Waals surface area contributed by atoms with E-state index in [0.717, 1.165) is 32.8 Å². The van der Waals surface area contributed by atoms with Crippen molar-refractivity contribution in [2.45, 2.75) is 0 Å². The number of fused-ring (bicyclic) bond motifs is 2. The molecule has 6 heteroatoms. The Bertz CT molecular complexity index is 1370. The van der Waals surface area contributed by atoms with Gasteiger partial charge >= 0.3 is 0 Å². The van der Waals surface area contributed by atoms with Gasteiger partial charge in [0.05, 0.1) is 11.7 Å². The first-order valence-corrected chi connectivity index (χ1v) is 9.21. The predicted molar refractivity (Wildman–Crippen MR) is 114 cm³/mol. The minimum Gasteiger partial charge on any atom is -0.307 e. The quantitative estimate of drug-likeness (QED) is 0.503. The van der Waals surface area contributed by atoms with Crippen molar-refractivity contribution in [1.82, 2.24) is 19.7 Å². The van der Waals surface area contributed by atoms with Crippen LogP contribution in [0.25, 0.3) is 32.8 Å². The molecule has 0 saturated heterocycles. The van der Waals surface area contributed by atoms with Gasteiger partial charge in [-0.05, 0) is 41.3 Å². The maximum atomic E-state index is 12.7. The summed E-state index contributed by atoms with van der Waals surface area (Å²) in [5.41, 5.74) is 3.44. The minimum atomic E-state index is -0.215. The fourth-order valence-corrected chi connectivity index (χ4v) is 3.36. The predicted octanol–water partition coefficient (Wildman–Crippen LogP) is 4.44. The van der Waals surface area contributed by atoms with Gasteiger partial charge in [-0.3, -0.25) is 14.5 Å². The Morgan fingerprint density at radius 1 is 0.897 bits per heavy atom. The topological polar surface area (TPSA) is 72.7 Å². The van der Waals surface area contributed by atoms with E-state index in [1.165, 1.54) is 0 Å². The van der Waals surface area contributed by atoms with E-state index in [1.54, 1.807) is 29.2 Å². The Balaban J connectivity index is 1.45. The summed E-state index contributed by atoms with van der Waals surface area (Å²) < 4.78 is 1.77. The highest BCUT2D eigenvalue weighted by Gasteiger charge is 2.09. The number of aromatic nitrogens is 4. The smallest absolute Gasteiger partial charge is 0.256 e. The zero-order valence-electron chi connectivity index (χ0n) is 15.7. The molecule has 1 amide bonds. The summed E-state index contributed by atoms with van der Waals surface area (Å²) in [4.78, 5) is 21.4. The molecule has 0 aliphatic heterocycles. The summed E-state index contributed by atoms with van der Waals surface area (Å²) in [6.45, 7) is 0. The van der Waals surface area contributed by atoms with Crippen LogP contribution in [0, 0.1) is 0 Å². The van der Waals surface area contributed by atoms with Crippen LogP contribution in [0.4, 0.5) is 5.82 Å². The number of benzene rings is 2. The second-order valence-electron chi connectivity index (χ2n) is 6.90. The average Bonchev–Trinajstić information content (AvgIpc) is 3.19. The highest BCUT2D eigenvalue weighted by Crippen LogP contribution is 2.25. The maximum Gasteiger partial charge on any atom is 0.256 e. The van der Waals surface area contributed by atoms with Crippen molar-refractivity contribution in [3.63, 3.8) is 0 Å². The summed E-state index contributed by atoms with van der Waals surface area (Å²) in [5, 5.41) is 10.1. The van der Waals surface area contributed by atoms with Crippen LogP contribution in [-0.2, 0) is 7.05 Å². The monoisotopic (exact) mass is 379 g/mol. The summed E-state index contributed by atoms with van der Waals surface area (Å²) in [6.07, 6.45) is 7.28. The first kappa shape index (κ1) is 17.1. The molecule has 3 aromatic heterocycles.